The molecule has 4 N–H and O–H groups in total. The molecule has 1 atom stereocenters. The van der Waals surface area contributed by atoms with Gasteiger partial charge in [0.1, 0.15) is 5.75 Å². The van der Waals surface area contributed by atoms with Gasteiger partial charge in [0.25, 0.3) is 5.91 Å². The van der Waals surface area contributed by atoms with E-state index in [4.69, 9.17) is 25.8 Å². The quantitative estimate of drug-likeness (QED) is 0.209. The Balaban J connectivity index is 1.67. The molecule has 0 saturated heterocycles. The third-order valence-electron chi connectivity index (χ3n) is 6.60. The van der Waals surface area contributed by atoms with Crippen LogP contribution < -0.4 is 26.0 Å². The van der Waals surface area contributed by atoms with E-state index in [1.165, 1.54) is 0 Å². The number of amides is 4. The van der Waals surface area contributed by atoms with Crippen molar-refractivity contribution in [2.24, 2.45) is 0 Å². The number of methoxy groups -OCH3 is 1. The molecule has 0 aliphatic carbocycles. The summed E-state index contributed by atoms with van der Waals surface area (Å²) in [6.45, 7) is 3.91. The number of fused-ring (bicyclic) bond motifs is 1. The first-order valence-electron chi connectivity index (χ1n) is 13.2. The molecule has 1 heterocycles. The van der Waals surface area contributed by atoms with Gasteiger partial charge in [-0.1, -0.05) is 29.8 Å². The summed E-state index contributed by atoms with van der Waals surface area (Å²) >= 11 is 5.97. The molecule has 0 radical (unpaired) electrons. The van der Waals surface area contributed by atoms with Crippen LogP contribution in [0, 0.1) is 0 Å². The third-order valence-corrected chi connectivity index (χ3v) is 6.86. The number of carbonyl (C=O) groups is 3. The maximum Gasteiger partial charge on any atom is 0.320 e. The van der Waals surface area contributed by atoms with Crippen LogP contribution in [-0.2, 0) is 24.6 Å². The minimum atomic E-state index is -1.63. The minimum absolute atomic E-state index is 0.186. The van der Waals surface area contributed by atoms with Crippen molar-refractivity contribution in [1.82, 2.24) is 5.32 Å². The predicted molar refractivity (Wildman–Crippen MR) is 157 cm³/mol. The van der Waals surface area contributed by atoms with Gasteiger partial charge in [-0.05, 0) is 68.4 Å². The minimum Gasteiger partial charge on any atom is -0.497 e. The molecule has 0 unspecified atom stereocenters. The lowest BCUT2D eigenvalue weighted by atomic mass is 9.83. The Labute approximate surface area is 243 Å². The fourth-order valence-electron chi connectivity index (χ4n) is 4.91. The second-order valence-corrected chi connectivity index (χ2v) is 9.83. The van der Waals surface area contributed by atoms with Gasteiger partial charge in [-0.15, -0.1) is 0 Å². The van der Waals surface area contributed by atoms with Crippen LogP contribution in [0.1, 0.15) is 32.3 Å². The van der Waals surface area contributed by atoms with E-state index in [9.17, 15) is 14.4 Å². The zero-order valence-electron chi connectivity index (χ0n) is 23.1. The van der Waals surface area contributed by atoms with Gasteiger partial charge in [0.05, 0.1) is 13.5 Å². The van der Waals surface area contributed by atoms with Gasteiger partial charge in [-0.2, -0.15) is 0 Å². The standard InChI is InChI=1S/C30H33ClN4O6/c1-4-40-29(41-5-2,18-26(36)32-21-12-10-20(31)11-13-21)19-30(24-8-6-7-9-25(24)34-27(30)37)35-28(38)33-22-14-16-23(39-3)17-15-22/h6-17H,4-5,18-19H2,1-3H3,(H,32,36)(H,34,37)(H2,33,35,38)/t30-/m0/s1. The van der Waals surface area contributed by atoms with Gasteiger partial charge < -0.3 is 35.5 Å². The fourth-order valence-corrected chi connectivity index (χ4v) is 5.04. The fraction of sp³-hybridized carbons (Fsp3) is 0.300. The van der Waals surface area contributed by atoms with Crippen molar-refractivity contribution in [3.8, 4) is 5.75 Å². The molecule has 0 saturated carbocycles. The van der Waals surface area contributed by atoms with E-state index in [2.05, 4.69) is 21.3 Å². The largest absolute Gasteiger partial charge is 0.497 e. The van der Waals surface area contributed by atoms with Gasteiger partial charge in [-0.25, -0.2) is 4.79 Å². The number of anilines is 3. The Hall–Kier alpha value is -4.12. The number of hydrogen-bond donors (Lipinski definition) is 4. The molecular weight excluding hydrogens is 548 g/mol. The molecule has 4 rings (SSSR count). The number of para-hydroxylation sites is 1. The molecule has 1 aliphatic heterocycles. The van der Waals surface area contributed by atoms with E-state index in [1.54, 1.807) is 93.8 Å². The Morgan fingerprint density at radius 2 is 1.51 bits per heavy atom. The number of urea groups is 1. The summed E-state index contributed by atoms with van der Waals surface area (Å²) in [4.78, 5) is 40.4. The lowest BCUT2D eigenvalue weighted by molar-refractivity contribution is -0.245. The van der Waals surface area contributed by atoms with E-state index in [0.717, 1.165) is 0 Å². The maximum absolute atomic E-state index is 13.7. The van der Waals surface area contributed by atoms with Crippen LogP contribution in [0.3, 0.4) is 0 Å². The van der Waals surface area contributed by atoms with Crippen molar-refractivity contribution >= 4 is 46.5 Å². The molecular formula is C30H33ClN4O6. The number of halogens is 1. The molecule has 3 aromatic carbocycles. The Morgan fingerprint density at radius 3 is 2.15 bits per heavy atom. The van der Waals surface area contributed by atoms with Crippen molar-refractivity contribution in [3.05, 3.63) is 83.4 Å². The van der Waals surface area contributed by atoms with Crippen LogP contribution in [0.15, 0.2) is 72.8 Å². The van der Waals surface area contributed by atoms with Gasteiger partial charge >= 0.3 is 6.03 Å². The monoisotopic (exact) mass is 580 g/mol. The van der Waals surface area contributed by atoms with Crippen LogP contribution >= 0.6 is 11.6 Å². The zero-order valence-corrected chi connectivity index (χ0v) is 23.8. The molecule has 10 nitrogen and oxygen atoms in total. The summed E-state index contributed by atoms with van der Waals surface area (Å²) < 4.78 is 17.4. The van der Waals surface area contributed by atoms with E-state index in [1.807, 2.05) is 0 Å². The molecule has 4 amide bonds. The van der Waals surface area contributed by atoms with E-state index >= 15 is 0 Å². The van der Waals surface area contributed by atoms with Gasteiger partial charge in [0.15, 0.2) is 11.3 Å². The van der Waals surface area contributed by atoms with Crippen LogP contribution in [0.2, 0.25) is 5.02 Å². The summed E-state index contributed by atoms with van der Waals surface area (Å²) in [5.41, 5.74) is 0.467. The van der Waals surface area contributed by atoms with Gasteiger partial charge in [0, 0.05) is 47.3 Å². The maximum atomic E-state index is 13.7. The number of hydrogen-bond acceptors (Lipinski definition) is 6. The van der Waals surface area contributed by atoms with Gasteiger partial charge in [0.2, 0.25) is 5.91 Å². The predicted octanol–water partition coefficient (Wildman–Crippen LogP) is 5.51. The highest BCUT2D eigenvalue weighted by molar-refractivity contribution is 6.30. The normalized spacial score (nSPS) is 16.0. The smallest absolute Gasteiger partial charge is 0.320 e. The zero-order chi connectivity index (χ0) is 29.5. The third kappa shape index (κ3) is 6.97. The summed E-state index contributed by atoms with van der Waals surface area (Å²) in [5.74, 6) is -1.82. The van der Waals surface area contributed by atoms with E-state index < -0.39 is 29.2 Å². The molecule has 0 fully saturated rings. The molecule has 0 aromatic heterocycles. The lowest BCUT2D eigenvalue weighted by Crippen LogP contribution is -2.58. The van der Waals surface area contributed by atoms with Crippen LogP contribution in [0.4, 0.5) is 21.9 Å². The van der Waals surface area contributed by atoms with Crippen LogP contribution in [0.25, 0.3) is 0 Å². The second kappa shape index (κ2) is 13.0. The topological polar surface area (TPSA) is 127 Å². The molecule has 0 spiro atoms. The summed E-state index contributed by atoms with van der Waals surface area (Å²) in [5, 5.41) is 11.9. The van der Waals surface area contributed by atoms with E-state index in [0.29, 0.717) is 33.4 Å². The average molecular weight is 581 g/mol. The van der Waals surface area contributed by atoms with Gasteiger partial charge in [-0.3, -0.25) is 9.59 Å². The molecule has 3 aromatic rings. The Kier molecular flexibility index (Phi) is 9.49. The van der Waals surface area contributed by atoms with Crippen molar-refractivity contribution in [1.29, 1.82) is 0 Å². The number of nitrogens with one attached hydrogen (secondary N) is 4. The first-order chi connectivity index (χ1) is 19.7. The highest BCUT2D eigenvalue weighted by Crippen LogP contribution is 2.43. The summed E-state index contributed by atoms with van der Waals surface area (Å²) in [6, 6.07) is 19.9. The SMILES string of the molecule is CCOC(CC(=O)Nc1ccc(Cl)cc1)(C[C@@]1(NC(=O)Nc2ccc(OC)cc2)C(=O)Nc2ccccc21)OCC. The second-order valence-electron chi connectivity index (χ2n) is 9.40. The Morgan fingerprint density at radius 1 is 0.902 bits per heavy atom. The van der Waals surface area contributed by atoms with Crippen LogP contribution in [-0.4, -0.2) is 44.0 Å². The van der Waals surface area contributed by atoms with Crippen molar-refractivity contribution in [2.45, 2.75) is 38.0 Å². The van der Waals surface area contributed by atoms with Crippen molar-refractivity contribution < 1.29 is 28.6 Å². The lowest BCUT2D eigenvalue weighted by Gasteiger charge is -2.40. The van der Waals surface area contributed by atoms with Crippen molar-refractivity contribution in [2.75, 3.05) is 36.3 Å². The number of ether oxygens (including phenoxy) is 3. The Bertz CT molecular complexity index is 1380. The molecule has 216 valence electrons. The highest BCUT2D eigenvalue weighted by atomic mass is 35.5. The number of carbonyl (C=O) groups excluding carboxylic acids is 3. The molecule has 0 bridgehead atoms. The summed E-state index contributed by atoms with van der Waals surface area (Å²) in [6.07, 6.45) is -0.440. The first-order valence-corrected chi connectivity index (χ1v) is 13.6. The first kappa shape index (κ1) is 29.9. The number of rotatable bonds is 12. The van der Waals surface area contributed by atoms with Crippen LogP contribution in [0.5, 0.6) is 5.75 Å². The molecule has 11 heteroatoms. The van der Waals surface area contributed by atoms with E-state index in [-0.39, 0.29) is 26.1 Å². The summed E-state index contributed by atoms with van der Waals surface area (Å²) in [7, 11) is 1.55. The van der Waals surface area contributed by atoms with Crippen molar-refractivity contribution in [3.63, 3.8) is 0 Å². The highest BCUT2D eigenvalue weighted by Gasteiger charge is 2.54. The molecule has 1 aliphatic rings. The number of benzene rings is 3. The average Bonchev–Trinajstić information content (AvgIpc) is 3.20. The molecule has 41 heavy (non-hydrogen) atoms.